The van der Waals surface area contributed by atoms with Crippen LogP contribution in [0.15, 0.2) is 11.5 Å². The number of rotatable bonds is 9. The van der Waals surface area contributed by atoms with Crippen molar-refractivity contribution in [3.8, 4) is 0 Å². The van der Waals surface area contributed by atoms with Crippen molar-refractivity contribution in [2.75, 3.05) is 92.6 Å². The van der Waals surface area contributed by atoms with E-state index >= 15 is 0 Å². The molecule has 2 rings (SSSR count). The molecule has 6 N–H and O–H groups in total. The first-order valence-corrected chi connectivity index (χ1v) is 12.0. The van der Waals surface area contributed by atoms with Gasteiger partial charge in [0.2, 0.25) is 17.6 Å². The van der Waals surface area contributed by atoms with Crippen LogP contribution < -0.4 is 10.6 Å². The van der Waals surface area contributed by atoms with E-state index in [0.29, 0.717) is 32.7 Å². The molecule has 2 heterocycles. The first-order valence-electron chi connectivity index (χ1n) is 12.0. The van der Waals surface area contributed by atoms with Crippen molar-refractivity contribution in [1.82, 2.24) is 30.2 Å². The van der Waals surface area contributed by atoms with Crippen molar-refractivity contribution in [2.45, 2.75) is 12.2 Å². The number of hydrogen-bond donors (Lipinski definition) is 6. The zero-order chi connectivity index (χ0) is 27.5. The molecular formula is C22H38N6O9. The number of carboxylic acids is 1. The minimum absolute atomic E-state index is 0.0144. The van der Waals surface area contributed by atoms with E-state index in [0.717, 1.165) is 19.6 Å². The van der Waals surface area contributed by atoms with Gasteiger partial charge < -0.3 is 45.6 Å². The minimum Gasteiger partial charge on any atom is -0.505 e. The number of aliphatic hydroxyl groups excluding tert-OH is 3. The van der Waals surface area contributed by atoms with Crippen LogP contribution in [0.4, 0.5) is 0 Å². The van der Waals surface area contributed by atoms with Crippen molar-refractivity contribution < 1.29 is 44.3 Å². The summed E-state index contributed by atoms with van der Waals surface area (Å²) < 4.78 is 4.62. The average Bonchev–Trinajstić information content (AvgIpc) is 3.10. The summed E-state index contributed by atoms with van der Waals surface area (Å²) in [5.74, 6) is -4.91. The molecule has 2 unspecified atom stereocenters. The lowest BCUT2D eigenvalue weighted by molar-refractivity contribution is -0.146. The SMILES string of the molecule is CN1CCN(C)CCN(CC(=O)NCC(=O)NCC(O)C2OC(=O)C(O)=C2O)CCN(CC(=O)O)CC1. The van der Waals surface area contributed by atoms with E-state index in [2.05, 4.69) is 25.2 Å². The normalized spacial score (nSPS) is 22.6. The number of likely N-dealkylation sites (N-methyl/N-ethyl adjacent to an activating group) is 2. The number of carbonyl (C=O) groups excluding carboxylic acids is 3. The van der Waals surface area contributed by atoms with E-state index in [4.69, 9.17) is 0 Å². The molecule has 2 aliphatic rings. The average molecular weight is 531 g/mol. The van der Waals surface area contributed by atoms with Gasteiger partial charge in [-0.2, -0.15) is 0 Å². The fourth-order valence-corrected chi connectivity index (χ4v) is 3.76. The molecule has 0 saturated carbocycles. The number of aliphatic hydroxyl groups is 3. The van der Waals surface area contributed by atoms with Gasteiger partial charge in [-0.05, 0) is 14.1 Å². The van der Waals surface area contributed by atoms with Gasteiger partial charge in [0.25, 0.3) is 0 Å². The standard InChI is InChI=1S/C22H38N6O9/c1-25-3-4-26(2)6-8-28(14-18(32)33)10-9-27(7-5-25)13-17(31)24-12-16(30)23-11-15(29)21-19(34)20(35)22(36)37-21/h15,21,29,34-35H,3-14H2,1-2H3,(H,23,30)(H,24,31)(H,32,33). The first kappa shape index (κ1) is 30.2. The highest BCUT2D eigenvalue weighted by Gasteiger charge is 2.39. The molecule has 1 fully saturated rings. The van der Waals surface area contributed by atoms with E-state index < -0.39 is 54.0 Å². The second-order valence-corrected chi connectivity index (χ2v) is 9.26. The zero-order valence-electron chi connectivity index (χ0n) is 21.3. The molecular weight excluding hydrogens is 492 g/mol. The second-order valence-electron chi connectivity index (χ2n) is 9.26. The Morgan fingerprint density at radius 3 is 1.92 bits per heavy atom. The Balaban J connectivity index is 1.81. The van der Waals surface area contributed by atoms with E-state index in [1.165, 1.54) is 0 Å². The van der Waals surface area contributed by atoms with Gasteiger partial charge in [-0.25, -0.2) is 4.79 Å². The molecule has 0 spiro atoms. The fraction of sp³-hybridized carbons (Fsp3) is 0.727. The molecule has 0 aromatic rings. The van der Waals surface area contributed by atoms with Gasteiger partial charge in [0.1, 0.15) is 6.10 Å². The third-order valence-electron chi connectivity index (χ3n) is 6.16. The molecule has 2 atom stereocenters. The van der Waals surface area contributed by atoms with Crippen LogP contribution in [0.5, 0.6) is 0 Å². The van der Waals surface area contributed by atoms with Gasteiger partial charge in [-0.1, -0.05) is 0 Å². The van der Waals surface area contributed by atoms with E-state index in [9.17, 15) is 39.6 Å². The van der Waals surface area contributed by atoms with Crippen molar-refractivity contribution in [2.24, 2.45) is 0 Å². The van der Waals surface area contributed by atoms with Crippen LogP contribution in [-0.2, 0) is 23.9 Å². The largest absolute Gasteiger partial charge is 0.505 e. The van der Waals surface area contributed by atoms with Gasteiger partial charge in [0.15, 0.2) is 11.9 Å². The molecule has 2 aliphatic heterocycles. The number of carboxylic acid groups (broad SMARTS) is 1. The maximum atomic E-state index is 12.5. The van der Waals surface area contributed by atoms with Crippen LogP contribution in [0.1, 0.15) is 0 Å². The molecule has 0 aliphatic carbocycles. The first-order chi connectivity index (χ1) is 17.5. The fourth-order valence-electron chi connectivity index (χ4n) is 3.76. The number of hydrogen-bond acceptors (Lipinski definition) is 12. The topological polar surface area (TPSA) is 195 Å². The van der Waals surface area contributed by atoms with Gasteiger partial charge in [0.05, 0.1) is 19.6 Å². The predicted molar refractivity (Wildman–Crippen MR) is 130 cm³/mol. The Morgan fingerprint density at radius 1 is 0.892 bits per heavy atom. The maximum Gasteiger partial charge on any atom is 0.377 e. The number of esters is 1. The molecule has 37 heavy (non-hydrogen) atoms. The third-order valence-corrected chi connectivity index (χ3v) is 6.16. The Labute approximate surface area is 215 Å². The minimum atomic E-state index is -1.50. The van der Waals surface area contributed by atoms with Crippen LogP contribution in [0.2, 0.25) is 0 Å². The lowest BCUT2D eigenvalue weighted by Crippen LogP contribution is -2.48. The van der Waals surface area contributed by atoms with Gasteiger partial charge in [0, 0.05) is 58.9 Å². The highest BCUT2D eigenvalue weighted by atomic mass is 16.6. The lowest BCUT2D eigenvalue weighted by Gasteiger charge is -2.31. The molecule has 0 radical (unpaired) electrons. The number of nitrogens with zero attached hydrogens (tertiary/aromatic N) is 4. The van der Waals surface area contributed by atoms with Crippen LogP contribution >= 0.6 is 0 Å². The number of aliphatic carboxylic acids is 1. The number of ether oxygens (including phenoxy) is 1. The van der Waals surface area contributed by atoms with E-state index in [-0.39, 0.29) is 19.6 Å². The maximum absolute atomic E-state index is 12.5. The summed E-state index contributed by atoms with van der Waals surface area (Å²) in [5, 5.41) is 43.0. The summed E-state index contributed by atoms with van der Waals surface area (Å²) >= 11 is 0. The summed E-state index contributed by atoms with van der Waals surface area (Å²) in [5.41, 5.74) is 0. The monoisotopic (exact) mass is 530 g/mol. The number of amides is 2. The smallest absolute Gasteiger partial charge is 0.377 e. The lowest BCUT2D eigenvalue weighted by atomic mass is 10.1. The second kappa shape index (κ2) is 14.7. The van der Waals surface area contributed by atoms with Crippen molar-refractivity contribution in [3.05, 3.63) is 11.5 Å². The van der Waals surface area contributed by atoms with Crippen molar-refractivity contribution in [3.63, 3.8) is 0 Å². The molecule has 1 saturated heterocycles. The van der Waals surface area contributed by atoms with Gasteiger partial charge >= 0.3 is 11.9 Å². The number of cyclic esters (lactones) is 1. The summed E-state index contributed by atoms with van der Waals surface area (Å²) in [6, 6.07) is 0. The molecule has 0 bridgehead atoms. The predicted octanol–water partition coefficient (Wildman–Crippen LogP) is -3.60. The molecule has 0 aromatic carbocycles. The van der Waals surface area contributed by atoms with Crippen LogP contribution in [0.25, 0.3) is 0 Å². The summed E-state index contributed by atoms with van der Waals surface area (Å²) in [6.07, 6.45) is -2.99. The quantitative estimate of drug-likeness (QED) is 0.160. The molecule has 0 aromatic heterocycles. The van der Waals surface area contributed by atoms with Crippen LogP contribution in [-0.4, -0.2) is 169 Å². The summed E-state index contributed by atoms with van der Waals surface area (Å²) in [6.45, 7) is 4.38. The Kier molecular flexibility index (Phi) is 12.0. The summed E-state index contributed by atoms with van der Waals surface area (Å²) in [7, 11) is 4.00. The molecule has 2 amide bonds. The van der Waals surface area contributed by atoms with Crippen LogP contribution in [0.3, 0.4) is 0 Å². The van der Waals surface area contributed by atoms with E-state index in [1.807, 2.05) is 23.9 Å². The highest BCUT2D eigenvalue weighted by Crippen LogP contribution is 2.21. The van der Waals surface area contributed by atoms with Crippen molar-refractivity contribution in [1.29, 1.82) is 0 Å². The van der Waals surface area contributed by atoms with Gasteiger partial charge in [-0.15, -0.1) is 0 Å². The number of nitrogens with one attached hydrogen (secondary N) is 2. The third kappa shape index (κ3) is 10.5. The van der Waals surface area contributed by atoms with Gasteiger partial charge in [-0.3, -0.25) is 24.2 Å². The van der Waals surface area contributed by atoms with Crippen LogP contribution in [0, 0.1) is 0 Å². The number of carbonyl (C=O) groups is 4. The van der Waals surface area contributed by atoms with Crippen molar-refractivity contribution >= 4 is 23.8 Å². The highest BCUT2D eigenvalue weighted by molar-refractivity contribution is 5.89. The Morgan fingerprint density at radius 2 is 1.41 bits per heavy atom. The zero-order valence-corrected chi connectivity index (χ0v) is 21.3. The molecule has 210 valence electrons. The summed E-state index contributed by atoms with van der Waals surface area (Å²) in [4.78, 5) is 55.1. The molecule has 15 nitrogen and oxygen atoms in total. The Hall–Kier alpha value is -2.98. The Bertz CT molecular complexity index is 854. The molecule has 15 heteroatoms. The van der Waals surface area contributed by atoms with E-state index in [1.54, 1.807) is 0 Å².